The fourth-order valence-electron chi connectivity index (χ4n) is 2.75. The third-order valence-corrected chi connectivity index (χ3v) is 4.98. The van der Waals surface area contributed by atoms with E-state index in [1.807, 2.05) is 48.5 Å². The molecule has 146 valence electrons. The molecule has 0 heterocycles. The first kappa shape index (κ1) is 20.2. The molecule has 0 aliphatic rings. The van der Waals surface area contributed by atoms with Crippen molar-refractivity contribution < 1.29 is 14.2 Å². The summed E-state index contributed by atoms with van der Waals surface area (Å²) in [5.74, 6) is 2.12. The van der Waals surface area contributed by atoms with Gasteiger partial charge in [0.1, 0.15) is 12.4 Å². The first-order valence-corrected chi connectivity index (χ1v) is 9.47. The van der Waals surface area contributed by atoms with Crippen molar-refractivity contribution in [3.05, 3.63) is 81.8 Å². The number of nitrogens with one attached hydrogen (secondary N) is 1. The van der Waals surface area contributed by atoms with Gasteiger partial charge in [-0.3, -0.25) is 0 Å². The van der Waals surface area contributed by atoms with Gasteiger partial charge in [-0.2, -0.15) is 0 Å². The summed E-state index contributed by atoms with van der Waals surface area (Å²) in [6.45, 7) is 0.809. The summed E-state index contributed by atoms with van der Waals surface area (Å²) in [4.78, 5) is 0. The molecule has 28 heavy (non-hydrogen) atoms. The van der Waals surface area contributed by atoms with Crippen LogP contribution in [0.2, 0.25) is 10.0 Å². The molecule has 0 atom stereocenters. The lowest BCUT2D eigenvalue weighted by Crippen LogP contribution is -2.06. The maximum atomic E-state index is 6.26. The van der Waals surface area contributed by atoms with Crippen LogP contribution in [0.25, 0.3) is 0 Å². The van der Waals surface area contributed by atoms with Gasteiger partial charge in [0.05, 0.1) is 14.2 Å². The molecule has 3 rings (SSSR count). The highest BCUT2D eigenvalue weighted by molar-refractivity contribution is 6.35. The highest BCUT2D eigenvalue weighted by Gasteiger charge is 2.13. The molecule has 0 bridgehead atoms. The van der Waals surface area contributed by atoms with Crippen molar-refractivity contribution in [1.29, 1.82) is 0 Å². The van der Waals surface area contributed by atoms with Crippen molar-refractivity contribution in [2.24, 2.45) is 0 Å². The predicted octanol–water partition coefficient (Wildman–Crippen LogP) is 6.20. The van der Waals surface area contributed by atoms with Crippen molar-refractivity contribution >= 4 is 28.9 Å². The average Bonchev–Trinajstić information content (AvgIpc) is 2.72. The molecular formula is C22H21Cl2NO3. The number of anilines is 1. The third kappa shape index (κ3) is 4.83. The van der Waals surface area contributed by atoms with Gasteiger partial charge in [-0.05, 0) is 42.5 Å². The largest absolute Gasteiger partial charge is 0.497 e. The van der Waals surface area contributed by atoms with E-state index in [0.29, 0.717) is 28.1 Å². The van der Waals surface area contributed by atoms with Gasteiger partial charge in [-0.1, -0.05) is 41.4 Å². The van der Waals surface area contributed by atoms with Gasteiger partial charge in [0.2, 0.25) is 0 Å². The maximum Gasteiger partial charge on any atom is 0.166 e. The average molecular weight is 418 g/mol. The molecular weight excluding hydrogens is 397 g/mol. The van der Waals surface area contributed by atoms with E-state index in [0.717, 1.165) is 22.6 Å². The van der Waals surface area contributed by atoms with Crippen LogP contribution in [0.3, 0.4) is 0 Å². The molecule has 0 saturated carbocycles. The van der Waals surface area contributed by atoms with Gasteiger partial charge in [0, 0.05) is 33.4 Å². The first-order valence-electron chi connectivity index (χ1n) is 8.72. The summed E-state index contributed by atoms with van der Waals surface area (Å²) in [6, 6.07) is 18.9. The molecule has 0 radical (unpaired) electrons. The van der Waals surface area contributed by atoms with Crippen LogP contribution in [0.1, 0.15) is 11.1 Å². The standard InChI is InChI=1S/C22H21Cl2NO3/c1-26-17-11-9-16(10-12-17)25-13-15-5-3-8-21(27-2)22(15)28-14-18-19(23)6-4-7-20(18)24/h3-12,25H,13-14H2,1-2H3. The number of methoxy groups -OCH3 is 2. The fraction of sp³-hybridized carbons (Fsp3) is 0.182. The van der Waals surface area contributed by atoms with E-state index >= 15 is 0 Å². The molecule has 3 aromatic rings. The Kier molecular flexibility index (Phi) is 6.90. The smallest absolute Gasteiger partial charge is 0.166 e. The van der Waals surface area contributed by atoms with Gasteiger partial charge in [-0.25, -0.2) is 0 Å². The molecule has 6 heteroatoms. The van der Waals surface area contributed by atoms with E-state index in [-0.39, 0.29) is 6.61 Å². The monoisotopic (exact) mass is 417 g/mol. The first-order chi connectivity index (χ1) is 13.6. The van der Waals surface area contributed by atoms with Crippen LogP contribution >= 0.6 is 23.2 Å². The SMILES string of the molecule is COc1ccc(NCc2cccc(OC)c2OCc2c(Cl)cccc2Cl)cc1. The van der Waals surface area contributed by atoms with Crippen LogP contribution in [-0.2, 0) is 13.2 Å². The zero-order chi connectivity index (χ0) is 19.9. The summed E-state index contributed by atoms with van der Waals surface area (Å²) in [6.07, 6.45) is 0. The van der Waals surface area contributed by atoms with Crippen molar-refractivity contribution in [2.75, 3.05) is 19.5 Å². The highest BCUT2D eigenvalue weighted by Crippen LogP contribution is 2.34. The molecule has 3 aromatic carbocycles. The Morgan fingerprint density at radius 3 is 2.14 bits per heavy atom. The Bertz CT molecular complexity index is 909. The summed E-state index contributed by atoms with van der Waals surface area (Å²) >= 11 is 12.5. The molecule has 0 amide bonds. The van der Waals surface area contributed by atoms with Gasteiger partial charge < -0.3 is 19.5 Å². The van der Waals surface area contributed by atoms with Gasteiger partial charge in [0.25, 0.3) is 0 Å². The maximum absolute atomic E-state index is 6.26. The minimum absolute atomic E-state index is 0.244. The Morgan fingerprint density at radius 1 is 0.821 bits per heavy atom. The summed E-state index contributed by atoms with van der Waals surface area (Å²) in [5.41, 5.74) is 2.67. The van der Waals surface area contributed by atoms with Crippen molar-refractivity contribution in [1.82, 2.24) is 0 Å². The van der Waals surface area contributed by atoms with Crippen LogP contribution < -0.4 is 19.5 Å². The van der Waals surface area contributed by atoms with Gasteiger partial charge in [0.15, 0.2) is 11.5 Å². The normalized spacial score (nSPS) is 10.4. The van der Waals surface area contributed by atoms with Gasteiger partial charge >= 0.3 is 0 Å². The molecule has 0 fully saturated rings. The molecule has 0 spiro atoms. The fourth-order valence-corrected chi connectivity index (χ4v) is 3.25. The topological polar surface area (TPSA) is 39.7 Å². The number of ether oxygens (including phenoxy) is 3. The molecule has 1 N–H and O–H groups in total. The summed E-state index contributed by atoms with van der Waals surface area (Å²) < 4.78 is 16.7. The second kappa shape index (κ2) is 9.58. The molecule has 4 nitrogen and oxygen atoms in total. The highest BCUT2D eigenvalue weighted by atomic mass is 35.5. The van der Waals surface area contributed by atoms with Crippen LogP contribution in [-0.4, -0.2) is 14.2 Å². The quantitative estimate of drug-likeness (QED) is 0.473. The molecule has 0 aliphatic heterocycles. The van der Waals surface area contributed by atoms with E-state index in [4.69, 9.17) is 37.4 Å². The summed E-state index contributed by atoms with van der Waals surface area (Å²) in [5, 5.41) is 4.52. The Hall–Kier alpha value is -2.56. The number of hydrogen-bond acceptors (Lipinski definition) is 4. The second-order valence-corrected chi connectivity index (χ2v) is 6.83. The van der Waals surface area contributed by atoms with E-state index in [1.165, 1.54) is 0 Å². The Morgan fingerprint density at radius 2 is 1.50 bits per heavy atom. The Balaban J connectivity index is 1.78. The minimum atomic E-state index is 0.244. The van der Waals surface area contributed by atoms with E-state index in [2.05, 4.69) is 5.32 Å². The third-order valence-electron chi connectivity index (χ3n) is 4.28. The van der Waals surface area contributed by atoms with Crippen LogP contribution in [0, 0.1) is 0 Å². The lowest BCUT2D eigenvalue weighted by atomic mass is 10.1. The predicted molar refractivity (Wildman–Crippen MR) is 114 cm³/mol. The molecule has 0 aromatic heterocycles. The number of rotatable bonds is 8. The van der Waals surface area contributed by atoms with Crippen LogP contribution in [0.15, 0.2) is 60.7 Å². The Labute approximate surface area is 175 Å². The van der Waals surface area contributed by atoms with Gasteiger partial charge in [-0.15, -0.1) is 0 Å². The minimum Gasteiger partial charge on any atom is -0.497 e. The zero-order valence-corrected chi connectivity index (χ0v) is 17.2. The zero-order valence-electron chi connectivity index (χ0n) is 15.7. The van der Waals surface area contributed by atoms with Crippen LogP contribution in [0.4, 0.5) is 5.69 Å². The number of hydrogen-bond donors (Lipinski definition) is 1. The number of benzene rings is 3. The molecule has 0 unspecified atom stereocenters. The summed E-state index contributed by atoms with van der Waals surface area (Å²) in [7, 11) is 3.26. The van der Waals surface area contributed by atoms with Crippen molar-refractivity contribution in [3.8, 4) is 17.2 Å². The van der Waals surface area contributed by atoms with E-state index in [1.54, 1.807) is 26.4 Å². The number of para-hydroxylation sites is 1. The number of halogens is 2. The van der Waals surface area contributed by atoms with E-state index < -0.39 is 0 Å². The molecule has 0 aliphatic carbocycles. The second-order valence-electron chi connectivity index (χ2n) is 6.02. The van der Waals surface area contributed by atoms with Crippen molar-refractivity contribution in [2.45, 2.75) is 13.2 Å². The van der Waals surface area contributed by atoms with Crippen molar-refractivity contribution in [3.63, 3.8) is 0 Å². The lowest BCUT2D eigenvalue weighted by Gasteiger charge is -2.17. The molecule has 0 saturated heterocycles. The lowest BCUT2D eigenvalue weighted by molar-refractivity contribution is 0.282. The van der Waals surface area contributed by atoms with Crippen LogP contribution in [0.5, 0.6) is 17.2 Å². The van der Waals surface area contributed by atoms with E-state index in [9.17, 15) is 0 Å².